The molecule has 2 N–H and O–H groups in total. The minimum atomic E-state index is 0.222. The Balaban J connectivity index is 2.33. The Morgan fingerprint density at radius 3 is 2.47 bits per heavy atom. The smallest absolute Gasteiger partial charge is 0.122 e. The highest BCUT2D eigenvalue weighted by Gasteiger charge is 2.21. The van der Waals surface area contributed by atoms with Gasteiger partial charge < -0.3 is 10.4 Å². The molecule has 0 saturated carbocycles. The molecule has 15 heavy (non-hydrogen) atoms. The van der Waals surface area contributed by atoms with Crippen molar-refractivity contribution >= 4 is 23.2 Å². The molecule has 2 nitrogen and oxygen atoms in total. The van der Waals surface area contributed by atoms with E-state index in [1.165, 1.54) is 0 Å². The summed E-state index contributed by atoms with van der Waals surface area (Å²) in [6, 6.07) is 3.25. The van der Waals surface area contributed by atoms with Crippen LogP contribution in [0.15, 0.2) is 12.1 Å². The molecule has 4 heteroatoms. The first-order chi connectivity index (χ1) is 7.18. The Morgan fingerprint density at radius 1 is 1.20 bits per heavy atom. The molecule has 0 radical (unpaired) electrons. The van der Waals surface area contributed by atoms with Crippen LogP contribution in [0.25, 0.3) is 0 Å². The number of phenolic OH excluding ortho intramolecular Hbond substituents is 1. The first-order valence-electron chi connectivity index (χ1n) is 5.07. The van der Waals surface area contributed by atoms with Crippen LogP contribution >= 0.6 is 23.2 Å². The average Bonchev–Trinajstić information content (AvgIpc) is 2.17. The Morgan fingerprint density at radius 2 is 1.87 bits per heavy atom. The van der Waals surface area contributed by atoms with Crippen LogP contribution in [0.1, 0.15) is 24.3 Å². The topological polar surface area (TPSA) is 32.3 Å². The average molecular weight is 246 g/mol. The van der Waals surface area contributed by atoms with Crippen LogP contribution in [-0.4, -0.2) is 18.2 Å². The molecule has 0 bridgehead atoms. The molecule has 0 amide bonds. The third-order valence-corrected chi connectivity index (χ3v) is 3.35. The van der Waals surface area contributed by atoms with Crippen molar-refractivity contribution in [2.24, 2.45) is 0 Å². The number of hydrogen-bond acceptors (Lipinski definition) is 2. The van der Waals surface area contributed by atoms with Gasteiger partial charge in [0.1, 0.15) is 5.75 Å². The van der Waals surface area contributed by atoms with Crippen molar-refractivity contribution in [3.63, 3.8) is 0 Å². The molecule has 1 fully saturated rings. The van der Waals surface area contributed by atoms with Crippen molar-refractivity contribution in [3.05, 3.63) is 27.7 Å². The number of phenols is 1. The lowest BCUT2D eigenvalue weighted by Crippen LogP contribution is -2.26. The van der Waals surface area contributed by atoms with Crippen molar-refractivity contribution in [2.75, 3.05) is 13.1 Å². The molecule has 0 aromatic heterocycles. The van der Waals surface area contributed by atoms with Gasteiger partial charge in [-0.25, -0.2) is 0 Å². The molecule has 1 aromatic rings. The molecule has 1 heterocycles. The van der Waals surface area contributed by atoms with E-state index in [9.17, 15) is 5.11 Å². The lowest BCUT2D eigenvalue weighted by atomic mass is 9.89. The van der Waals surface area contributed by atoms with Gasteiger partial charge in [0.25, 0.3) is 0 Å². The van der Waals surface area contributed by atoms with Crippen LogP contribution in [0.2, 0.25) is 10.0 Å². The van der Waals surface area contributed by atoms with Crippen molar-refractivity contribution in [1.29, 1.82) is 0 Å². The highest BCUT2D eigenvalue weighted by molar-refractivity contribution is 6.35. The molecular formula is C11H13Cl2NO. The SMILES string of the molecule is Oc1cc(Cl)cc(Cl)c1C1CCNCC1. The lowest BCUT2D eigenvalue weighted by molar-refractivity contribution is 0.424. The summed E-state index contributed by atoms with van der Waals surface area (Å²) in [5.41, 5.74) is 0.850. The zero-order chi connectivity index (χ0) is 10.8. The van der Waals surface area contributed by atoms with Crippen LogP contribution in [0.5, 0.6) is 5.75 Å². The largest absolute Gasteiger partial charge is 0.508 e. The van der Waals surface area contributed by atoms with E-state index >= 15 is 0 Å². The van der Waals surface area contributed by atoms with E-state index < -0.39 is 0 Å². The molecule has 0 atom stereocenters. The van der Waals surface area contributed by atoms with Crippen LogP contribution in [0.4, 0.5) is 0 Å². The van der Waals surface area contributed by atoms with E-state index in [1.54, 1.807) is 12.1 Å². The minimum absolute atomic E-state index is 0.222. The summed E-state index contributed by atoms with van der Waals surface area (Å²) in [6.07, 6.45) is 2.02. The second kappa shape index (κ2) is 4.60. The van der Waals surface area contributed by atoms with Crippen molar-refractivity contribution < 1.29 is 5.11 Å². The van der Waals surface area contributed by atoms with Gasteiger partial charge in [0.15, 0.2) is 0 Å². The maximum atomic E-state index is 9.84. The van der Waals surface area contributed by atoms with Gasteiger partial charge in [0.05, 0.1) is 0 Å². The van der Waals surface area contributed by atoms with Gasteiger partial charge in [-0.05, 0) is 44.0 Å². The summed E-state index contributed by atoms with van der Waals surface area (Å²) in [4.78, 5) is 0. The number of piperidine rings is 1. The molecule has 0 aliphatic carbocycles. The highest BCUT2D eigenvalue weighted by atomic mass is 35.5. The van der Waals surface area contributed by atoms with Gasteiger partial charge in [0.2, 0.25) is 0 Å². The normalized spacial score (nSPS) is 18.0. The second-order valence-electron chi connectivity index (χ2n) is 3.84. The van der Waals surface area contributed by atoms with Crippen LogP contribution in [0, 0.1) is 0 Å². The predicted molar refractivity (Wildman–Crippen MR) is 63.0 cm³/mol. The highest BCUT2D eigenvalue weighted by Crippen LogP contribution is 2.39. The van der Waals surface area contributed by atoms with Gasteiger partial charge in [-0.1, -0.05) is 23.2 Å². The molecule has 2 rings (SSSR count). The number of halogens is 2. The fourth-order valence-corrected chi connectivity index (χ4v) is 2.72. The van der Waals surface area contributed by atoms with Crippen molar-refractivity contribution in [2.45, 2.75) is 18.8 Å². The van der Waals surface area contributed by atoms with E-state index in [-0.39, 0.29) is 5.75 Å². The Kier molecular flexibility index (Phi) is 3.39. The number of nitrogens with one attached hydrogen (secondary N) is 1. The van der Waals surface area contributed by atoms with E-state index in [4.69, 9.17) is 23.2 Å². The summed E-state index contributed by atoms with van der Waals surface area (Å²) in [6.45, 7) is 1.95. The molecule has 0 spiro atoms. The molecule has 1 aliphatic rings. The molecular weight excluding hydrogens is 233 g/mol. The first kappa shape index (κ1) is 11.1. The van der Waals surface area contributed by atoms with Crippen LogP contribution < -0.4 is 5.32 Å². The quantitative estimate of drug-likeness (QED) is 0.797. The van der Waals surface area contributed by atoms with E-state index in [1.807, 2.05) is 0 Å². The van der Waals surface area contributed by atoms with E-state index in [0.717, 1.165) is 31.5 Å². The standard InChI is InChI=1S/C11H13Cl2NO/c12-8-5-9(13)11(10(15)6-8)7-1-3-14-4-2-7/h5-7,14-15H,1-4H2. The Labute approximate surface area is 99.2 Å². The van der Waals surface area contributed by atoms with E-state index in [0.29, 0.717) is 16.0 Å². The van der Waals surface area contributed by atoms with E-state index in [2.05, 4.69) is 5.32 Å². The number of rotatable bonds is 1. The van der Waals surface area contributed by atoms with Crippen molar-refractivity contribution in [1.82, 2.24) is 5.32 Å². The Hall–Kier alpha value is -0.440. The Bertz CT molecular complexity index is 339. The monoisotopic (exact) mass is 245 g/mol. The van der Waals surface area contributed by atoms with Gasteiger partial charge in [-0.3, -0.25) is 0 Å². The minimum Gasteiger partial charge on any atom is -0.508 e. The molecule has 1 aliphatic heterocycles. The summed E-state index contributed by atoms with van der Waals surface area (Å²) in [5, 5.41) is 14.2. The molecule has 82 valence electrons. The fraction of sp³-hybridized carbons (Fsp3) is 0.455. The maximum Gasteiger partial charge on any atom is 0.122 e. The maximum absolute atomic E-state index is 9.84. The predicted octanol–water partition coefficient (Wildman–Crippen LogP) is 3.17. The van der Waals surface area contributed by atoms with Gasteiger partial charge in [-0.2, -0.15) is 0 Å². The van der Waals surface area contributed by atoms with Gasteiger partial charge >= 0.3 is 0 Å². The number of aromatic hydroxyl groups is 1. The molecule has 0 unspecified atom stereocenters. The zero-order valence-corrected chi connectivity index (χ0v) is 9.78. The summed E-state index contributed by atoms with van der Waals surface area (Å²) < 4.78 is 0. The molecule has 1 saturated heterocycles. The van der Waals surface area contributed by atoms with Crippen LogP contribution in [-0.2, 0) is 0 Å². The third-order valence-electron chi connectivity index (χ3n) is 2.82. The number of hydrogen-bond donors (Lipinski definition) is 2. The fourth-order valence-electron chi connectivity index (χ4n) is 2.09. The van der Waals surface area contributed by atoms with Crippen molar-refractivity contribution in [3.8, 4) is 5.75 Å². The third kappa shape index (κ3) is 2.39. The second-order valence-corrected chi connectivity index (χ2v) is 4.69. The first-order valence-corrected chi connectivity index (χ1v) is 5.82. The van der Waals surface area contributed by atoms with Crippen LogP contribution in [0.3, 0.4) is 0 Å². The summed E-state index contributed by atoms with van der Waals surface area (Å²) in [7, 11) is 0. The van der Waals surface area contributed by atoms with Gasteiger partial charge in [0, 0.05) is 15.6 Å². The zero-order valence-electron chi connectivity index (χ0n) is 8.26. The number of benzene rings is 1. The summed E-state index contributed by atoms with van der Waals surface area (Å²) in [5.74, 6) is 0.565. The summed E-state index contributed by atoms with van der Waals surface area (Å²) >= 11 is 11.9. The molecule has 1 aromatic carbocycles. The van der Waals surface area contributed by atoms with Gasteiger partial charge in [-0.15, -0.1) is 0 Å². The lowest BCUT2D eigenvalue weighted by Gasteiger charge is -2.24.